The van der Waals surface area contributed by atoms with E-state index in [9.17, 15) is 13.2 Å². The van der Waals surface area contributed by atoms with Crippen LogP contribution in [-0.4, -0.2) is 31.0 Å². The van der Waals surface area contributed by atoms with Gasteiger partial charge in [-0.15, -0.1) is 0 Å². The molecule has 1 heterocycles. The SMILES string of the molecule is O=C(O)C1CC12CCS(=O)(=O)CC2. The molecule has 0 bridgehead atoms. The summed E-state index contributed by atoms with van der Waals surface area (Å²) in [5, 5.41) is 8.75. The molecule has 0 amide bonds. The molecule has 1 aliphatic carbocycles. The standard InChI is InChI=1S/C8H12O4S/c9-7(10)6-5-8(6)1-3-13(11,12)4-2-8/h6H,1-5H2,(H,9,10). The van der Waals surface area contributed by atoms with Gasteiger partial charge in [-0.05, 0) is 24.7 Å². The number of carbonyl (C=O) groups is 1. The fourth-order valence-corrected chi connectivity index (χ4v) is 3.83. The van der Waals surface area contributed by atoms with Crippen LogP contribution in [0.3, 0.4) is 0 Å². The van der Waals surface area contributed by atoms with Crippen molar-refractivity contribution >= 4 is 15.8 Å². The number of carboxylic acid groups (broad SMARTS) is 1. The Bertz CT molecular complexity index is 329. The van der Waals surface area contributed by atoms with E-state index in [0.717, 1.165) is 0 Å². The third-order valence-corrected chi connectivity index (χ3v) is 4.96. The Hall–Kier alpha value is -0.580. The van der Waals surface area contributed by atoms with Crippen LogP contribution in [0, 0.1) is 11.3 Å². The van der Waals surface area contributed by atoms with Gasteiger partial charge in [0.1, 0.15) is 9.84 Å². The molecule has 2 fully saturated rings. The lowest BCUT2D eigenvalue weighted by Crippen LogP contribution is -2.26. The average molecular weight is 204 g/mol. The smallest absolute Gasteiger partial charge is 0.307 e. The topological polar surface area (TPSA) is 71.4 Å². The Labute approximate surface area is 76.9 Å². The van der Waals surface area contributed by atoms with Crippen LogP contribution in [0.5, 0.6) is 0 Å². The van der Waals surface area contributed by atoms with Crippen molar-refractivity contribution in [3.63, 3.8) is 0 Å². The fourth-order valence-electron chi connectivity index (χ4n) is 2.19. The van der Waals surface area contributed by atoms with Gasteiger partial charge in [0.05, 0.1) is 17.4 Å². The fraction of sp³-hybridized carbons (Fsp3) is 0.875. The lowest BCUT2D eigenvalue weighted by Gasteiger charge is -2.21. The molecule has 1 aliphatic heterocycles. The zero-order valence-electron chi connectivity index (χ0n) is 7.19. The summed E-state index contributed by atoms with van der Waals surface area (Å²) >= 11 is 0. The summed E-state index contributed by atoms with van der Waals surface area (Å²) < 4.78 is 22.2. The van der Waals surface area contributed by atoms with Crippen LogP contribution in [0.2, 0.25) is 0 Å². The highest BCUT2D eigenvalue weighted by Gasteiger charge is 2.59. The first-order valence-corrected chi connectivity index (χ1v) is 6.21. The van der Waals surface area contributed by atoms with Crippen molar-refractivity contribution in [1.29, 1.82) is 0 Å². The molecule has 1 atom stereocenters. The summed E-state index contributed by atoms with van der Waals surface area (Å²) in [5.41, 5.74) is -0.156. The largest absolute Gasteiger partial charge is 0.481 e. The Morgan fingerprint density at radius 2 is 1.85 bits per heavy atom. The van der Waals surface area contributed by atoms with Gasteiger partial charge in [-0.1, -0.05) is 0 Å². The first kappa shape index (κ1) is 8.99. The van der Waals surface area contributed by atoms with Crippen molar-refractivity contribution in [2.24, 2.45) is 11.3 Å². The maximum absolute atomic E-state index is 11.1. The number of carboxylic acids is 1. The van der Waals surface area contributed by atoms with E-state index in [4.69, 9.17) is 5.11 Å². The number of rotatable bonds is 1. The highest BCUT2D eigenvalue weighted by molar-refractivity contribution is 7.91. The van der Waals surface area contributed by atoms with Crippen LogP contribution in [0.25, 0.3) is 0 Å². The van der Waals surface area contributed by atoms with Gasteiger partial charge in [-0.25, -0.2) is 8.42 Å². The Morgan fingerprint density at radius 3 is 2.23 bits per heavy atom. The summed E-state index contributed by atoms with van der Waals surface area (Å²) in [6, 6.07) is 0. The molecule has 2 rings (SSSR count). The van der Waals surface area contributed by atoms with E-state index in [0.29, 0.717) is 19.3 Å². The summed E-state index contributed by atoms with van der Waals surface area (Å²) in [6.45, 7) is 0. The number of aliphatic carboxylic acids is 1. The summed E-state index contributed by atoms with van der Waals surface area (Å²) in [4.78, 5) is 10.6. The van der Waals surface area contributed by atoms with Gasteiger partial charge in [0.15, 0.2) is 0 Å². The van der Waals surface area contributed by atoms with Gasteiger partial charge in [0.25, 0.3) is 0 Å². The molecule has 0 radical (unpaired) electrons. The van der Waals surface area contributed by atoms with Gasteiger partial charge in [-0.3, -0.25) is 4.79 Å². The van der Waals surface area contributed by atoms with Crippen LogP contribution in [0.1, 0.15) is 19.3 Å². The van der Waals surface area contributed by atoms with Crippen molar-refractivity contribution in [3.05, 3.63) is 0 Å². The summed E-state index contributed by atoms with van der Waals surface area (Å²) in [5.74, 6) is -0.685. The van der Waals surface area contributed by atoms with Gasteiger partial charge in [0, 0.05) is 0 Å². The number of hydrogen-bond donors (Lipinski definition) is 1. The zero-order chi connectivity index (χ0) is 9.69. The van der Waals surface area contributed by atoms with Crippen LogP contribution in [0.4, 0.5) is 0 Å². The Balaban J connectivity index is 2.05. The number of hydrogen-bond acceptors (Lipinski definition) is 3. The van der Waals surface area contributed by atoms with Crippen LogP contribution >= 0.6 is 0 Å². The van der Waals surface area contributed by atoms with E-state index in [2.05, 4.69) is 0 Å². The lowest BCUT2D eigenvalue weighted by atomic mass is 9.96. The molecule has 74 valence electrons. The predicted octanol–water partition coefficient (Wildman–Crippen LogP) is 0.286. The van der Waals surface area contributed by atoms with Crippen LogP contribution in [0.15, 0.2) is 0 Å². The Kier molecular flexibility index (Phi) is 1.71. The molecule has 5 heteroatoms. The molecular weight excluding hydrogens is 192 g/mol. The van der Waals surface area contributed by atoms with Crippen molar-refractivity contribution in [2.75, 3.05) is 11.5 Å². The molecular formula is C8H12O4S. The third kappa shape index (κ3) is 1.45. The molecule has 13 heavy (non-hydrogen) atoms. The summed E-state index contributed by atoms with van der Waals surface area (Å²) in [6.07, 6.45) is 1.77. The van der Waals surface area contributed by atoms with Gasteiger partial charge in [-0.2, -0.15) is 0 Å². The Morgan fingerprint density at radius 1 is 1.31 bits per heavy atom. The van der Waals surface area contributed by atoms with Crippen molar-refractivity contribution < 1.29 is 18.3 Å². The second kappa shape index (κ2) is 2.47. The second-order valence-corrected chi connectivity index (χ2v) is 6.41. The predicted molar refractivity (Wildman–Crippen MR) is 46.1 cm³/mol. The summed E-state index contributed by atoms with van der Waals surface area (Å²) in [7, 11) is -2.86. The average Bonchev–Trinajstić information content (AvgIpc) is 2.72. The van der Waals surface area contributed by atoms with Crippen molar-refractivity contribution in [2.45, 2.75) is 19.3 Å². The highest BCUT2D eigenvalue weighted by Crippen LogP contribution is 2.59. The van der Waals surface area contributed by atoms with E-state index < -0.39 is 15.8 Å². The zero-order valence-corrected chi connectivity index (χ0v) is 8.01. The molecule has 0 aromatic heterocycles. The lowest BCUT2D eigenvalue weighted by molar-refractivity contribution is -0.139. The normalized spacial score (nSPS) is 34.3. The van der Waals surface area contributed by atoms with Crippen LogP contribution < -0.4 is 0 Å². The van der Waals surface area contributed by atoms with E-state index in [1.165, 1.54) is 0 Å². The highest BCUT2D eigenvalue weighted by atomic mass is 32.2. The molecule has 1 N–H and O–H groups in total. The van der Waals surface area contributed by atoms with Gasteiger partial charge < -0.3 is 5.11 Å². The molecule has 1 unspecified atom stereocenters. The van der Waals surface area contributed by atoms with Crippen molar-refractivity contribution in [1.82, 2.24) is 0 Å². The second-order valence-electron chi connectivity index (χ2n) is 4.11. The molecule has 2 aliphatic rings. The number of sulfone groups is 1. The molecule has 1 saturated carbocycles. The van der Waals surface area contributed by atoms with Gasteiger partial charge in [0.2, 0.25) is 0 Å². The van der Waals surface area contributed by atoms with Gasteiger partial charge >= 0.3 is 5.97 Å². The maximum atomic E-state index is 11.1. The minimum atomic E-state index is -2.86. The van der Waals surface area contributed by atoms with E-state index in [1.54, 1.807) is 0 Å². The third-order valence-electron chi connectivity index (χ3n) is 3.31. The van der Waals surface area contributed by atoms with Crippen LogP contribution in [-0.2, 0) is 14.6 Å². The first-order chi connectivity index (χ1) is 5.95. The molecule has 0 aromatic rings. The molecule has 1 spiro atoms. The van der Waals surface area contributed by atoms with E-state index in [-0.39, 0.29) is 22.8 Å². The molecule has 0 aromatic carbocycles. The monoisotopic (exact) mass is 204 g/mol. The minimum absolute atomic E-state index is 0.156. The maximum Gasteiger partial charge on any atom is 0.307 e. The molecule has 1 saturated heterocycles. The van der Waals surface area contributed by atoms with E-state index >= 15 is 0 Å². The minimum Gasteiger partial charge on any atom is -0.481 e. The molecule has 4 nitrogen and oxygen atoms in total. The van der Waals surface area contributed by atoms with E-state index in [1.807, 2.05) is 0 Å². The first-order valence-electron chi connectivity index (χ1n) is 4.38. The van der Waals surface area contributed by atoms with Crippen molar-refractivity contribution in [3.8, 4) is 0 Å². The quantitative estimate of drug-likeness (QED) is 0.666.